The molecular formula is C24H27N3O. The Morgan fingerprint density at radius 1 is 1.14 bits per heavy atom. The zero-order chi connectivity index (χ0) is 19.9. The lowest BCUT2D eigenvalue weighted by Gasteiger charge is -2.20. The molecule has 2 aromatic carbocycles. The molecule has 0 aliphatic heterocycles. The summed E-state index contributed by atoms with van der Waals surface area (Å²) < 4.78 is 0. The molecule has 0 heterocycles. The highest BCUT2D eigenvalue weighted by molar-refractivity contribution is 5.97. The zero-order valence-corrected chi connectivity index (χ0v) is 16.6. The first-order valence-electron chi connectivity index (χ1n) is 9.88. The summed E-state index contributed by atoms with van der Waals surface area (Å²) in [5, 5.41) is 15.4. The van der Waals surface area contributed by atoms with Crippen LogP contribution in [-0.2, 0) is 24.2 Å². The summed E-state index contributed by atoms with van der Waals surface area (Å²) >= 11 is 0. The number of benzene rings is 2. The van der Waals surface area contributed by atoms with E-state index >= 15 is 0 Å². The van der Waals surface area contributed by atoms with E-state index in [-0.39, 0.29) is 17.5 Å². The summed E-state index contributed by atoms with van der Waals surface area (Å²) in [6.07, 6.45) is 6.23. The molecule has 0 radical (unpaired) electrons. The van der Waals surface area contributed by atoms with Gasteiger partial charge in [-0.25, -0.2) is 0 Å². The molecule has 0 spiro atoms. The van der Waals surface area contributed by atoms with E-state index in [2.05, 4.69) is 28.8 Å². The SMILES string of the molecule is Cc1ccc(CN/C=C(/C#N)C(=O)NC(C)c2ccc3c(c2)CCCC3)cc1. The number of carbonyl (C=O) groups is 1. The van der Waals surface area contributed by atoms with Crippen LogP contribution >= 0.6 is 0 Å². The number of hydrogen-bond acceptors (Lipinski definition) is 3. The molecule has 1 aliphatic carbocycles. The van der Waals surface area contributed by atoms with Gasteiger partial charge in [0, 0.05) is 12.7 Å². The van der Waals surface area contributed by atoms with E-state index in [0.717, 1.165) is 24.0 Å². The minimum Gasteiger partial charge on any atom is -0.386 e. The number of amides is 1. The van der Waals surface area contributed by atoms with Crippen LogP contribution < -0.4 is 10.6 Å². The van der Waals surface area contributed by atoms with E-state index < -0.39 is 0 Å². The van der Waals surface area contributed by atoms with Gasteiger partial charge in [0.2, 0.25) is 0 Å². The fourth-order valence-electron chi connectivity index (χ4n) is 3.51. The number of rotatable bonds is 6. The maximum Gasteiger partial charge on any atom is 0.263 e. The molecule has 4 heteroatoms. The Hall–Kier alpha value is -3.06. The normalized spacial score (nSPS) is 14.5. The van der Waals surface area contributed by atoms with Gasteiger partial charge >= 0.3 is 0 Å². The highest BCUT2D eigenvalue weighted by Gasteiger charge is 2.16. The van der Waals surface area contributed by atoms with Crippen molar-refractivity contribution in [2.24, 2.45) is 0 Å². The van der Waals surface area contributed by atoms with Crippen molar-refractivity contribution < 1.29 is 4.79 Å². The van der Waals surface area contributed by atoms with Crippen LogP contribution in [-0.4, -0.2) is 5.91 Å². The Morgan fingerprint density at radius 2 is 1.86 bits per heavy atom. The predicted octanol–water partition coefficient (Wildman–Crippen LogP) is 4.25. The summed E-state index contributed by atoms with van der Waals surface area (Å²) in [7, 11) is 0. The van der Waals surface area contributed by atoms with E-state index in [4.69, 9.17) is 0 Å². The van der Waals surface area contributed by atoms with Gasteiger partial charge in [-0.05, 0) is 61.8 Å². The van der Waals surface area contributed by atoms with Gasteiger partial charge in [-0.1, -0.05) is 48.0 Å². The van der Waals surface area contributed by atoms with E-state index in [1.165, 1.54) is 35.7 Å². The molecule has 0 bridgehead atoms. The summed E-state index contributed by atoms with van der Waals surface area (Å²) in [5.41, 5.74) is 6.28. The highest BCUT2D eigenvalue weighted by Crippen LogP contribution is 2.24. The second-order valence-corrected chi connectivity index (χ2v) is 7.47. The van der Waals surface area contributed by atoms with Crippen LogP contribution in [0.25, 0.3) is 0 Å². The van der Waals surface area contributed by atoms with Crippen LogP contribution in [0.1, 0.15) is 53.6 Å². The molecular weight excluding hydrogens is 346 g/mol. The lowest BCUT2D eigenvalue weighted by molar-refractivity contribution is -0.117. The summed E-state index contributed by atoms with van der Waals surface area (Å²) in [5.74, 6) is -0.357. The van der Waals surface area contributed by atoms with E-state index in [9.17, 15) is 10.1 Å². The average Bonchev–Trinajstić information content (AvgIpc) is 2.72. The molecule has 4 nitrogen and oxygen atoms in total. The monoisotopic (exact) mass is 373 g/mol. The Balaban J connectivity index is 1.59. The molecule has 28 heavy (non-hydrogen) atoms. The molecule has 0 fully saturated rings. The van der Waals surface area contributed by atoms with Crippen LogP contribution in [0.2, 0.25) is 0 Å². The van der Waals surface area contributed by atoms with Gasteiger partial charge in [0.25, 0.3) is 5.91 Å². The minimum atomic E-state index is -0.357. The molecule has 0 saturated heterocycles. The van der Waals surface area contributed by atoms with Gasteiger partial charge < -0.3 is 10.6 Å². The molecule has 1 unspecified atom stereocenters. The number of nitriles is 1. The van der Waals surface area contributed by atoms with Crippen molar-refractivity contribution in [3.63, 3.8) is 0 Å². The molecule has 0 saturated carbocycles. The Bertz CT molecular complexity index is 906. The van der Waals surface area contributed by atoms with Gasteiger partial charge in [-0.2, -0.15) is 5.26 Å². The second kappa shape index (κ2) is 9.23. The van der Waals surface area contributed by atoms with E-state index in [0.29, 0.717) is 6.54 Å². The third-order valence-electron chi connectivity index (χ3n) is 5.26. The van der Waals surface area contributed by atoms with Crippen LogP contribution in [0.15, 0.2) is 54.2 Å². The Labute approximate surface area is 167 Å². The topological polar surface area (TPSA) is 64.9 Å². The van der Waals surface area contributed by atoms with Crippen LogP contribution in [0.5, 0.6) is 0 Å². The molecule has 1 amide bonds. The van der Waals surface area contributed by atoms with Crippen molar-refractivity contribution in [1.82, 2.24) is 10.6 Å². The van der Waals surface area contributed by atoms with Crippen molar-refractivity contribution in [1.29, 1.82) is 5.26 Å². The standard InChI is InChI=1S/C24H27N3O/c1-17-7-9-19(10-8-17)15-26-16-23(14-25)24(28)27-18(2)21-12-11-20-5-3-4-6-22(20)13-21/h7-13,16,18,26H,3-6,15H2,1-2H3,(H,27,28)/b23-16-. The van der Waals surface area contributed by atoms with Gasteiger partial charge in [0.05, 0.1) is 6.04 Å². The molecule has 2 aromatic rings. The number of nitrogens with one attached hydrogen (secondary N) is 2. The van der Waals surface area contributed by atoms with Gasteiger partial charge in [-0.3, -0.25) is 4.79 Å². The maximum absolute atomic E-state index is 12.5. The third-order valence-corrected chi connectivity index (χ3v) is 5.26. The first kappa shape index (κ1) is 19.7. The lowest BCUT2D eigenvalue weighted by Crippen LogP contribution is -2.28. The molecule has 0 aromatic heterocycles. The molecule has 144 valence electrons. The summed E-state index contributed by atoms with van der Waals surface area (Å²) in [6, 6.07) is 16.4. The fourth-order valence-corrected chi connectivity index (χ4v) is 3.51. The number of hydrogen-bond donors (Lipinski definition) is 2. The van der Waals surface area contributed by atoms with Crippen LogP contribution in [0, 0.1) is 18.3 Å². The first-order valence-corrected chi connectivity index (χ1v) is 9.88. The van der Waals surface area contributed by atoms with E-state index in [1.807, 2.05) is 44.2 Å². The third kappa shape index (κ3) is 5.01. The number of fused-ring (bicyclic) bond motifs is 1. The minimum absolute atomic E-state index is 0.0805. The Morgan fingerprint density at radius 3 is 2.57 bits per heavy atom. The van der Waals surface area contributed by atoms with Crippen molar-refractivity contribution in [2.45, 2.75) is 52.1 Å². The summed E-state index contributed by atoms with van der Waals surface area (Å²) in [4.78, 5) is 12.5. The van der Waals surface area contributed by atoms with Crippen molar-refractivity contribution in [2.75, 3.05) is 0 Å². The number of nitrogens with zero attached hydrogens (tertiary/aromatic N) is 1. The molecule has 3 rings (SSSR count). The Kier molecular flexibility index (Phi) is 6.49. The fraction of sp³-hybridized carbons (Fsp3) is 0.333. The smallest absolute Gasteiger partial charge is 0.263 e. The van der Waals surface area contributed by atoms with Crippen LogP contribution in [0.4, 0.5) is 0 Å². The second-order valence-electron chi connectivity index (χ2n) is 7.47. The summed E-state index contributed by atoms with van der Waals surface area (Å²) in [6.45, 7) is 4.56. The van der Waals surface area contributed by atoms with Crippen molar-refractivity contribution in [3.05, 3.63) is 82.1 Å². The predicted molar refractivity (Wildman–Crippen MR) is 111 cm³/mol. The molecule has 1 atom stereocenters. The maximum atomic E-state index is 12.5. The van der Waals surface area contributed by atoms with Crippen molar-refractivity contribution in [3.8, 4) is 6.07 Å². The molecule has 1 aliphatic rings. The van der Waals surface area contributed by atoms with Gasteiger partial charge in [0.15, 0.2) is 0 Å². The van der Waals surface area contributed by atoms with Gasteiger partial charge in [-0.15, -0.1) is 0 Å². The highest BCUT2D eigenvalue weighted by atomic mass is 16.1. The average molecular weight is 374 g/mol. The largest absolute Gasteiger partial charge is 0.386 e. The number of aryl methyl sites for hydroxylation is 3. The lowest BCUT2D eigenvalue weighted by atomic mass is 9.89. The first-order chi connectivity index (χ1) is 13.6. The number of carbonyl (C=O) groups excluding carboxylic acids is 1. The zero-order valence-electron chi connectivity index (χ0n) is 16.6. The van der Waals surface area contributed by atoms with Gasteiger partial charge in [0.1, 0.15) is 11.6 Å². The molecule has 2 N–H and O–H groups in total. The van der Waals surface area contributed by atoms with E-state index in [1.54, 1.807) is 0 Å². The quantitative estimate of drug-likeness (QED) is 0.588. The van der Waals surface area contributed by atoms with Crippen LogP contribution in [0.3, 0.4) is 0 Å². The van der Waals surface area contributed by atoms with Crippen molar-refractivity contribution >= 4 is 5.91 Å².